The molecular weight excluding hydrogens is 288 g/mol. The Morgan fingerprint density at radius 3 is 2.20 bits per heavy atom. The molecule has 0 atom stereocenters. The van der Waals surface area contributed by atoms with Gasteiger partial charge >= 0.3 is 0 Å². The van der Waals surface area contributed by atoms with E-state index >= 15 is 0 Å². The lowest BCUT2D eigenvalue weighted by atomic mass is 10.0. The van der Waals surface area contributed by atoms with Crippen molar-refractivity contribution in [3.8, 4) is 5.88 Å². The number of carbonyl (C=O) groups excluding carboxylic acids is 1. The molecule has 0 aliphatic carbocycles. The fraction of sp³-hybridized carbons (Fsp3) is 0.455. The van der Waals surface area contributed by atoms with Crippen LogP contribution in [-0.4, -0.2) is 28.6 Å². The molecule has 0 bridgehead atoms. The SMILES string of the molecule is CCc1c(C(N)=O)c(O)n(CC)c(=O)c1CS(=O)(=O)O. The Labute approximate surface area is 115 Å². The van der Waals surface area contributed by atoms with Crippen molar-refractivity contribution in [1.82, 2.24) is 4.57 Å². The van der Waals surface area contributed by atoms with E-state index < -0.39 is 33.2 Å². The molecular formula is C11H16N2O6S. The summed E-state index contributed by atoms with van der Waals surface area (Å²) >= 11 is 0. The van der Waals surface area contributed by atoms with Crippen molar-refractivity contribution in [2.24, 2.45) is 5.73 Å². The second kappa shape index (κ2) is 5.63. The van der Waals surface area contributed by atoms with Gasteiger partial charge in [-0.1, -0.05) is 6.92 Å². The molecule has 4 N–H and O–H groups in total. The third kappa shape index (κ3) is 2.99. The Hall–Kier alpha value is -1.87. The first kappa shape index (κ1) is 16.2. The zero-order chi connectivity index (χ0) is 15.7. The van der Waals surface area contributed by atoms with Gasteiger partial charge in [0, 0.05) is 12.1 Å². The average Bonchev–Trinajstić information content (AvgIpc) is 2.30. The maximum Gasteiger partial charge on any atom is 0.269 e. The van der Waals surface area contributed by atoms with Gasteiger partial charge in [0.15, 0.2) is 0 Å². The number of rotatable bonds is 5. The Bertz CT molecular complexity index is 705. The van der Waals surface area contributed by atoms with Crippen molar-refractivity contribution in [1.29, 1.82) is 0 Å². The van der Waals surface area contributed by atoms with Crippen molar-refractivity contribution in [2.45, 2.75) is 32.6 Å². The normalized spacial score (nSPS) is 11.6. The first-order valence-corrected chi connectivity index (χ1v) is 7.47. The van der Waals surface area contributed by atoms with Crippen molar-refractivity contribution in [3.63, 3.8) is 0 Å². The highest BCUT2D eigenvalue weighted by Crippen LogP contribution is 2.23. The molecule has 0 aliphatic rings. The van der Waals surface area contributed by atoms with Crippen molar-refractivity contribution in [2.75, 3.05) is 0 Å². The number of nitrogens with two attached hydrogens (primary N) is 1. The number of nitrogens with zero attached hydrogens (tertiary/aromatic N) is 1. The van der Waals surface area contributed by atoms with Crippen LogP contribution in [0, 0.1) is 0 Å². The molecule has 0 saturated carbocycles. The molecule has 0 unspecified atom stereocenters. The number of hydrogen-bond acceptors (Lipinski definition) is 5. The Kier molecular flexibility index (Phi) is 4.56. The third-order valence-corrected chi connectivity index (χ3v) is 3.55. The molecule has 0 radical (unpaired) electrons. The molecule has 1 heterocycles. The summed E-state index contributed by atoms with van der Waals surface area (Å²) in [7, 11) is -4.46. The number of amides is 1. The van der Waals surface area contributed by atoms with Gasteiger partial charge in [0.05, 0.1) is 0 Å². The molecule has 9 heteroatoms. The molecule has 112 valence electrons. The molecule has 1 aromatic heterocycles. The summed E-state index contributed by atoms with van der Waals surface area (Å²) in [4.78, 5) is 23.6. The van der Waals surface area contributed by atoms with E-state index in [-0.39, 0.29) is 29.7 Å². The number of aromatic hydroxyl groups is 1. The van der Waals surface area contributed by atoms with Crippen LogP contribution in [0.5, 0.6) is 5.88 Å². The Morgan fingerprint density at radius 2 is 1.85 bits per heavy atom. The van der Waals surface area contributed by atoms with E-state index in [0.717, 1.165) is 4.57 Å². The van der Waals surface area contributed by atoms with E-state index in [1.807, 2.05) is 0 Å². The lowest BCUT2D eigenvalue weighted by Crippen LogP contribution is -2.30. The molecule has 0 aliphatic heterocycles. The van der Waals surface area contributed by atoms with Crippen LogP contribution in [0.2, 0.25) is 0 Å². The first-order chi connectivity index (χ1) is 9.14. The van der Waals surface area contributed by atoms with Crippen LogP contribution in [0.3, 0.4) is 0 Å². The highest BCUT2D eigenvalue weighted by molar-refractivity contribution is 7.85. The highest BCUT2D eigenvalue weighted by atomic mass is 32.2. The van der Waals surface area contributed by atoms with Crippen LogP contribution >= 0.6 is 0 Å². The van der Waals surface area contributed by atoms with Crippen LogP contribution < -0.4 is 11.3 Å². The molecule has 8 nitrogen and oxygen atoms in total. The molecule has 1 aromatic rings. The van der Waals surface area contributed by atoms with Crippen LogP contribution in [-0.2, 0) is 28.8 Å². The fourth-order valence-electron chi connectivity index (χ4n) is 2.08. The summed E-state index contributed by atoms with van der Waals surface area (Å²) in [5, 5.41) is 9.92. The maximum atomic E-state index is 12.1. The highest BCUT2D eigenvalue weighted by Gasteiger charge is 2.25. The fourth-order valence-corrected chi connectivity index (χ4v) is 2.75. The van der Waals surface area contributed by atoms with Gasteiger partial charge in [0.2, 0.25) is 5.88 Å². The zero-order valence-corrected chi connectivity index (χ0v) is 11.9. The van der Waals surface area contributed by atoms with Crippen molar-refractivity contribution in [3.05, 3.63) is 27.0 Å². The average molecular weight is 304 g/mol. The van der Waals surface area contributed by atoms with E-state index in [4.69, 9.17) is 10.3 Å². The van der Waals surface area contributed by atoms with Gasteiger partial charge in [-0.3, -0.25) is 18.7 Å². The van der Waals surface area contributed by atoms with Gasteiger partial charge in [-0.2, -0.15) is 8.42 Å². The number of pyridine rings is 1. The van der Waals surface area contributed by atoms with Gasteiger partial charge in [-0.15, -0.1) is 0 Å². The molecule has 20 heavy (non-hydrogen) atoms. The van der Waals surface area contributed by atoms with E-state index in [0.29, 0.717) is 0 Å². The summed E-state index contributed by atoms with van der Waals surface area (Å²) in [6.45, 7) is 3.13. The lowest BCUT2D eigenvalue weighted by Gasteiger charge is -2.16. The first-order valence-electron chi connectivity index (χ1n) is 5.86. The monoisotopic (exact) mass is 304 g/mol. The van der Waals surface area contributed by atoms with Crippen LogP contribution in [0.1, 0.15) is 35.3 Å². The van der Waals surface area contributed by atoms with E-state index in [2.05, 4.69) is 0 Å². The Morgan fingerprint density at radius 1 is 1.30 bits per heavy atom. The topological polar surface area (TPSA) is 140 Å². The van der Waals surface area contributed by atoms with Gasteiger partial charge in [0.1, 0.15) is 11.3 Å². The summed E-state index contributed by atoms with van der Waals surface area (Å²) in [5.41, 5.74) is 3.87. The Balaban J connectivity index is 3.86. The minimum absolute atomic E-state index is 0.0212. The van der Waals surface area contributed by atoms with Gasteiger partial charge < -0.3 is 10.8 Å². The van der Waals surface area contributed by atoms with Crippen molar-refractivity contribution >= 4 is 16.0 Å². The minimum Gasteiger partial charge on any atom is -0.494 e. The number of carbonyl (C=O) groups is 1. The van der Waals surface area contributed by atoms with Gasteiger partial charge in [-0.25, -0.2) is 0 Å². The quantitative estimate of drug-likeness (QED) is 0.634. The predicted molar refractivity (Wildman–Crippen MR) is 71.2 cm³/mol. The molecule has 0 aromatic carbocycles. The molecule has 1 rings (SSSR count). The van der Waals surface area contributed by atoms with Crippen LogP contribution in [0.25, 0.3) is 0 Å². The van der Waals surface area contributed by atoms with Gasteiger partial charge in [-0.05, 0) is 18.9 Å². The predicted octanol–water partition coefficient (Wildman–Crippen LogP) is -0.377. The van der Waals surface area contributed by atoms with Crippen LogP contribution in [0.4, 0.5) is 0 Å². The summed E-state index contributed by atoms with van der Waals surface area (Å²) in [6, 6.07) is 0. The second-order valence-corrected chi connectivity index (χ2v) is 5.60. The van der Waals surface area contributed by atoms with E-state index in [9.17, 15) is 23.1 Å². The molecule has 0 saturated heterocycles. The summed E-state index contributed by atoms with van der Waals surface area (Å²) in [5.74, 6) is -2.51. The van der Waals surface area contributed by atoms with E-state index in [1.165, 1.54) is 6.92 Å². The third-order valence-electron chi connectivity index (χ3n) is 2.89. The maximum absolute atomic E-state index is 12.1. The standard InChI is InChI=1S/C11H16N2O6S/c1-3-6-7(5-20(17,18)19)10(15)13(4-2)11(16)8(6)9(12)14/h16H,3-5H2,1-2H3,(H2,12,14)(H,17,18,19). The zero-order valence-electron chi connectivity index (χ0n) is 11.1. The number of primary amides is 1. The molecule has 0 spiro atoms. The number of hydrogen-bond donors (Lipinski definition) is 3. The van der Waals surface area contributed by atoms with Crippen molar-refractivity contribution < 1.29 is 22.9 Å². The van der Waals surface area contributed by atoms with Gasteiger partial charge in [0.25, 0.3) is 21.6 Å². The molecule has 1 amide bonds. The minimum atomic E-state index is -4.46. The molecule has 0 fully saturated rings. The number of aromatic nitrogens is 1. The summed E-state index contributed by atoms with van der Waals surface area (Å²) < 4.78 is 31.8. The second-order valence-electron chi connectivity index (χ2n) is 4.15. The largest absolute Gasteiger partial charge is 0.494 e. The smallest absolute Gasteiger partial charge is 0.269 e. The lowest BCUT2D eigenvalue weighted by molar-refractivity contribution is 0.0995. The van der Waals surface area contributed by atoms with E-state index in [1.54, 1.807) is 6.92 Å². The van der Waals surface area contributed by atoms with Crippen LogP contribution in [0.15, 0.2) is 4.79 Å². The summed E-state index contributed by atoms with van der Waals surface area (Å²) in [6.07, 6.45) is 0.108.